The molecule has 0 fully saturated rings. The minimum atomic E-state index is -1.02. The largest absolute Gasteiger partial charge is 0.306 e. The number of hydrogen-bond donors (Lipinski definition) is 1. The number of carbonyl (C=O) groups excluding carboxylic acids is 1. The van der Waals surface area contributed by atoms with Crippen molar-refractivity contribution in [1.82, 2.24) is 9.78 Å². The Morgan fingerprint density at radius 2 is 1.81 bits per heavy atom. The molecular formula is C18H13BrFN3O2S. The Balaban J connectivity index is 1.74. The second-order valence-corrected chi connectivity index (χ2v) is 8.22. The number of carbonyl (C=O) groups is 1. The van der Waals surface area contributed by atoms with Crippen LogP contribution in [0.4, 0.5) is 10.2 Å². The standard InChI is InChI=1S/C18H13BrFN3O2S/c19-12-3-1-11(2-4-12)18(24)21-17-15-9-26(25)10-16(15)22-23(17)14-7-5-13(20)6-8-14/h1-8H,9-10H2,(H,21,24)/t26-/m1/s1. The van der Waals surface area contributed by atoms with Crippen molar-refractivity contribution >= 4 is 38.5 Å². The first-order valence-corrected chi connectivity index (χ1v) is 10.1. The summed E-state index contributed by atoms with van der Waals surface area (Å²) in [5.41, 5.74) is 2.57. The molecule has 3 aromatic rings. The summed E-state index contributed by atoms with van der Waals surface area (Å²) in [5.74, 6) is 0.526. The second-order valence-electron chi connectivity index (χ2n) is 5.85. The Hall–Kier alpha value is -2.32. The molecule has 132 valence electrons. The molecule has 1 atom stereocenters. The summed E-state index contributed by atoms with van der Waals surface area (Å²) < 4.78 is 27.6. The molecule has 0 aliphatic carbocycles. The fraction of sp³-hybridized carbons (Fsp3) is 0.111. The molecule has 5 nitrogen and oxygen atoms in total. The molecule has 2 aromatic carbocycles. The van der Waals surface area contributed by atoms with E-state index in [0.29, 0.717) is 34.3 Å². The molecule has 8 heteroatoms. The third-order valence-electron chi connectivity index (χ3n) is 4.08. The number of aromatic nitrogens is 2. The summed E-state index contributed by atoms with van der Waals surface area (Å²) in [4.78, 5) is 12.6. The first kappa shape index (κ1) is 17.1. The SMILES string of the molecule is O=C(Nc1c2c(nn1-c1ccc(F)cc1)C[S@](=O)C2)c1ccc(Br)cc1. The van der Waals surface area contributed by atoms with Gasteiger partial charge < -0.3 is 5.32 Å². The monoisotopic (exact) mass is 433 g/mol. The molecule has 1 amide bonds. The molecule has 0 radical (unpaired) electrons. The Labute approximate surface area is 159 Å². The van der Waals surface area contributed by atoms with Crippen molar-refractivity contribution in [1.29, 1.82) is 0 Å². The summed E-state index contributed by atoms with van der Waals surface area (Å²) in [5, 5.41) is 7.36. The molecule has 1 N–H and O–H groups in total. The van der Waals surface area contributed by atoms with E-state index in [0.717, 1.165) is 10.0 Å². The number of fused-ring (bicyclic) bond motifs is 1. The first-order chi connectivity index (χ1) is 12.5. The topological polar surface area (TPSA) is 64.0 Å². The van der Waals surface area contributed by atoms with Crippen LogP contribution in [0.2, 0.25) is 0 Å². The normalized spacial score (nSPS) is 15.7. The summed E-state index contributed by atoms with van der Waals surface area (Å²) in [6.07, 6.45) is 0. The fourth-order valence-electron chi connectivity index (χ4n) is 2.81. The van der Waals surface area contributed by atoms with E-state index in [9.17, 15) is 13.4 Å². The lowest BCUT2D eigenvalue weighted by Crippen LogP contribution is -2.16. The summed E-state index contributed by atoms with van der Waals surface area (Å²) in [6, 6.07) is 12.8. The van der Waals surface area contributed by atoms with Crippen LogP contribution in [0.1, 0.15) is 21.6 Å². The maximum absolute atomic E-state index is 13.2. The van der Waals surface area contributed by atoms with Crippen LogP contribution in [-0.4, -0.2) is 19.9 Å². The van der Waals surface area contributed by atoms with Crippen molar-refractivity contribution in [3.63, 3.8) is 0 Å². The Morgan fingerprint density at radius 3 is 2.50 bits per heavy atom. The van der Waals surface area contributed by atoms with E-state index in [1.807, 2.05) is 0 Å². The van der Waals surface area contributed by atoms with Crippen LogP contribution in [0.3, 0.4) is 0 Å². The zero-order chi connectivity index (χ0) is 18.3. The Bertz CT molecular complexity index is 1020. The van der Waals surface area contributed by atoms with Gasteiger partial charge in [-0.3, -0.25) is 9.00 Å². The van der Waals surface area contributed by atoms with Crippen LogP contribution < -0.4 is 5.32 Å². The molecule has 0 unspecified atom stereocenters. The van der Waals surface area contributed by atoms with E-state index in [4.69, 9.17) is 0 Å². The molecule has 0 saturated carbocycles. The molecule has 0 spiro atoms. The Kier molecular flexibility index (Phi) is 4.46. The number of halogens is 2. The molecule has 1 aliphatic rings. The fourth-order valence-corrected chi connectivity index (χ4v) is 4.33. The summed E-state index contributed by atoms with van der Waals surface area (Å²) in [7, 11) is -1.02. The van der Waals surface area contributed by atoms with Crippen LogP contribution in [0.25, 0.3) is 5.69 Å². The highest BCUT2D eigenvalue weighted by molar-refractivity contribution is 9.10. The minimum absolute atomic E-state index is 0.291. The van der Waals surface area contributed by atoms with Gasteiger partial charge in [0.2, 0.25) is 0 Å². The van der Waals surface area contributed by atoms with E-state index >= 15 is 0 Å². The van der Waals surface area contributed by atoms with E-state index in [1.165, 1.54) is 12.1 Å². The average Bonchev–Trinajstić information content (AvgIpc) is 3.13. The van der Waals surface area contributed by atoms with Gasteiger partial charge in [-0.05, 0) is 48.5 Å². The molecule has 0 saturated heterocycles. The minimum Gasteiger partial charge on any atom is -0.306 e. The Morgan fingerprint density at radius 1 is 1.12 bits per heavy atom. The quantitative estimate of drug-likeness (QED) is 0.683. The van der Waals surface area contributed by atoms with Gasteiger partial charge in [-0.1, -0.05) is 15.9 Å². The van der Waals surface area contributed by atoms with Crippen molar-refractivity contribution in [2.45, 2.75) is 11.5 Å². The number of nitrogens with one attached hydrogen (secondary N) is 1. The van der Waals surface area contributed by atoms with E-state index < -0.39 is 10.8 Å². The van der Waals surface area contributed by atoms with Gasteiger partial charge in [0.15, 0.2) is 0 Å². The number of nitrogens with zero attached hydrogens (tertiary/aromatic N) is 2. The van der Waals surface area contributed by atoms with Crippen molar-refractivity contribution in [3.05, 3.63) is 75.6 Å². The molecule has 0 bridgehead atoms. The highest BCUT2D eigenvalue weighted by atomic mass is 79.9. The lowest BCUT2D eigenvalue weighted by Gasteiger charge is -2.11. The van der Waals surface area contributed by atoms with Gasteiger partial charge in [0.1, 0.15) is 11.6 Å². The number of amides is 1. The van der Waals surface area contributed by atoms with Gasteiger partial charge in [-0.15, -0.1) is 0 Å². The van der Waals surface area contributed by atoms with Crippen LogP contribution in [0.5, 0.6) is 0 Å². The predicted octanol–water partition coefficient (Wildman–Crippen LogP) is 3.79. The molecule has 1 aromatic heterocycles. The van der Waals surface area contributed by atoms with Crippen molar-refractivity contribution in [3.8, 4) is 5.69 Å². The number of hydrogen-bond acceptors (Lipinski definition) is 3. The molecule has 2 heterocycles. The van der Waals surface area contributed by atoms with Gasteiger partial charge >= 0.3 is 0 Å². The number of anilines is 1. The zero-order valence-electron chi connectivity index (χ0n) is 13.4. The van der Waals surface area contributed by atoms with Crippen LogP contribution in [-0.2, 0) is 22.3 Å². The van der Waals surface area contributed by atoms with Gasteiger partial charge in [0.05, 0.1) is 22.9 Å². The number of rotatable bonds is 3. The van der Waals surface area contributed by atoms with Crippen molar-refractivity contribution in [2.24, 2.45) is 0 Å². The first-order valence-electron chi connectivity index (χ1n) is 7.80. The lowest BCUT2D eigenvalue weighted by molar-refractivity contribution is 0.102. The molecule has 1 aliphatic heterocycles. The predicted molar refractivity (Wildman–Crippen MR) is 101 cm³/mol. The smallest absolute Gasteiger partial charge is 0.256 e. The summed E-state index contributed by atoms with van der Waals surface area (Å²) >= 11 is 3.34. The van der Waals surface area contributed by atoms with Crippen molar-refractivity contribution in [2.75, 3.05) is 5.32 Å². The molecular weight excluding hydrogens is 421 g/mol. The third-order valence-corrected chi connectivity index (χ3v) is 5.81. The van der Waals surface area contributed by atoms with Gasteiger partial charge in [0.25, 0.3) is 5.91 Å². The molecule has 26 heavy (non-hydrogen) atoms. The van der Waals surface area contributed by atoms with Crippen LogP contribution in [0, 0.1) is 5.82 Å². The van der Waals surface area contributed by atoms with Crippen LogP contribution in [0.15, 0.2) is 53.0 Å². The maximum Gasteiger partial charge on any atom is 0.256 e. The zero-order valence-corrected chi connectivity index (χ0v) is 15.8. The third kappa shape index (κ3) is 3.22. The average molecular weight is 434 g/mol. The summed E-state index contributed by atoms with van der Waals surface area (Å²) in [6.45, 7) is 0. The maximum atomic E-state index is 13.2. The van der Waals surface area contributed by atoms with Gasteiger partial charge in [-0.25, -0.2) is 9.07 Å². The lowest BCUT2D eigenvalue weighted by atomic mass is 10.2. The van der Waals surface area contributed by atoms with E-state index in [-0.39, 0.29) is 11.7 Å². The van der Waals surface area contributed by atoms with Gasteiger partial charge in [-0.2, -0.15) is 5.10 Å². The molecule has 4 rings (SSSR count). The van der Waals surface area contributed by atoms with Gasteiger partial charge in [0, 0.05) is 26.4 Å². The van der Waals surface area contributed by atoms with Crippen molar-refractivity contribution < 1.29 is 13.4 Å². The van der Waals surface area contributed by atoms with E-state index in [1.54, 1.807) is 41.1 Å². The highest BCUT2D eigenvalue weighted by Gasteiger charge is 2.28. The second kappa shape index (κ2) is 6.77. The van der Waals surface area contributed by atoms with E-state index in [2.05, 4.69) is 26.3 Å². The van der Waals surface area contributed by atoms with Crippen LogP contribution >= 0.6 is 15.9 Å². The number of benzene rings is 2. The highest BCUT2D eigenvalue weighted by Crippen LogP contribution is 2.31.